The molecule has 2 rings (SSSR count). The summed E-state index contributed by atoms with van der Waals surface area (Å²) in [6.07, 6.45) is 0.114. The Balaban J connectivity index is 2.35. The molecule has 6 heteroatoms. The van der Waals surface area contributed by atoms with Crippen molar-refractivity contribution in [2.24, 2.45) is 0 Å². The summed E-state index contributed by atoms with van der Waals surface area (Å²) in [6, 6.07) is 10.9. The van der Waals surface area contributed by atoms with Crippen molar-refractivity contribution in [3.05, 3.63) is 64.7 Å². The van der Waals surface area contributed by atoms with E-state index >= 15 is 0 Å². The second-order valence-corrected chi connectivity index (χ2v) is 8.32. The Bertz CT molecular complexity index is 873. The minimum atomic E-state index is -3.89. The number of hydrogen-bond donors (Lipinski definition) is 1. The smallest absolute Gasteiger partial charge is 0.322 e. The monoisotopic (exact) mass is 361 g/mol. The van der Waals surface area contributed by atoms with Gasteiger partial charge in [-0.3, -0.25) is 4.79 Å². The summed E-state index contributed by atoms with van der Waals surface area (Å²) in [4.78, 5) is 11.8. The van der Waals surface area contributed by atoms with Crippen LogP contribution in [0.1, 0.15) is 22.3 Å². The van der Waals surface area contributed by atoms with Gasteiger partial charge in [0.2, 0.25) is 10.0 Å². The number of likely N-dealkylation sites (N-methyl/N-ethyl adjacent to an activating group) is 1. The highest BCUT2D eigenvalue weighted by molar-refractivity contribution is 7.89. The van der Waals surface area contributed by atoms with Crippen molar-refractivity contribution in [3.8, 4) is 0 Å². The fourth-order valence-electron chi connectivity index (χ4n) is 2.70. The number of aliphatic carboxylic acids is 1. The lowest BCUT2D eigenvalue weighted by Crippen LogP contribution is -2.43. The normalized spacial score (nSPS) is 13.0. The highest BCUT2D eigenvalue weighted by atomic mass is 32.2. The van der Waals surface area contributed by atoms with Crippen LogP contribution in [-0.4, -0.2) is 36.9 Å². The maximum absolute atomic E-state index is 12.8. The second kappa shape index (κ2) is 7.37. The number of benzene rings is 2. The Morgan fingerprint density at radius 3 is 2.12 bits per heavy atom. The number of rotatable bonds is 6. The molecule has 0 aliphatic rings. The molecule has 25 heavy (non-hydrogen) atoms. The quantitative estimate of drug-likeness (QED) is 0.858. The third-order valence-corrected chi connectivity index (χ3v) is 6.21. The van der Waals surface area contributed by atoms with Crippen LogP contribution in [0.4, 0.5) is 0 Å². The lowest BCUT2D eigenvalue weighted by molar-refractivity contribution is -0.141. The summed E-state index contributed by atoms with van der Waals surface area (Å²) in [7, 11) is -2.57. The molecule has 1 atom stereocenters. The minimum Gasteiger partial charge on any atom is -0.480 e. The summed E-state index contributed by atoms with van der Waals surface area (Å²) in [5, 5.41) is 9.60. The van der Waals surface area contributed by atoms with Crippen molar-refractivity contribution in [2.75, 3.05) is 7.05 Å². The number of hydrogen-bond acceptors (Lipinski definition) is 3. The Labute approximate surface area is 149 Å². The summed E-state index contributed by atoms with van der Waals surface area (Å²) in [5.74, 6) is -1.17. The zero-order chi connectivity index (χ0) is 18.8. The van der Waals surface area contributed by atoms with Crippen LogP contribution in [0.5, 0.6) is 0 Å². The fraction of sp³-hybridized carbons (Fsp3) is 0.316. The second-order valence-electron chi connectivity index (χ2n) is 6.32. The first kappa shape index (κ1) is 19.1. The largest absolute Gasteiger partial charge is 0.480 e. The average molecular weight is 361 g/mol. The van der Waals surface area contributed by atoms with E-state index < -0.39 is 22.0 Å². The molecule has 5 nitrogen and oxygen atoms in total. The molecule has 0 saturated heterocycles. The topological polar surface area (TPSA) is 74.7 Å². The third kappa shape index (κ3) is 4.27. The van der Waals surface area contributed by atoms with Crippen LogP contribution in [0.3, 0.4) is 0 Å². The molecule has 2 aromatic carbocycles. The highest BCUT2D eigenvalue weighted by Crippen LogP contribution is 2.21. The van der Waals surface area contributed by atoms with Crippen LogP contribution in [0.2, 0.25) is 0 Å². The van der Waals surface area contributed by atoms with Gasteiger partial charge in [0, 0.05) is 7.05 Å². The standard InChI is InChI=1S/C19H23NO4S/c1-13-6-9-17(10-7-13)25(23,24)20(4)18(19(21)22)12-16-8-5-14(2)11-15(16)3/h5-11,18H,12H2,1-4H3,(H,21,22)/t18-/m0/s1. The molecule has 0 aliphatic carbocycles. The molecular weight excluding hydrogens is 338 g/mol. The van der Waals surface area contributed by atoms with Gasteiger partial charge in [0.1, 0.15) is 6.04 Å². The predicted molar refractivity (Wildman–Crippen MR) is 97.2 cm³/mol. The molecule has 0 fully saturated rings. The third-order valence-electron chi connectivity index (χ3n) is 4.33. The summed E-state index contributed by atoms with van der Waals surface area (Å²) in [6.45, 7) is 5.72. The molecule has 0 heterocycles. The van der Waals surface area contributed by atoms with Gasteiger partial charge in [-0.05, 0) is 50.5 Å². The van der Waals surface area contributed by atoms with Crippen LogP contribution >= 0.6 is 0 Å². The molecule has 0 aromatic heterocycles. The highest BCUT2D eigenvalue weighted by Gasteiger charge is 2.33. The fourth-order valence-corrected chi connectivity index (χ4v) is 4.01. The first-order valence-electron chi connectivity index (χ1n) is 7.96. The van der Waals surface area contributed by atoms with E-state index in [2.05, 4.69) is 0 Å². The van der Waals surface area contributed by atoms with E-state index in [-0.39, 0.29) is 11.3 Å². The number of nitrogens with zero attached hydrogens (tertiary/aromatic N) is 1. The van der Waals surface area contributed by atoms with E-state index in [1.807, 2.05) is 39.0 Å². The van der Waals surface area contributed by atoms with Crippen molar-refractivity contribution in [3.63, 3.8) is 0 Å². The lowest BCUT2D eigenvalue weighted by Gasteiger charge is -2.25. The van der Waals surface area contributed by atoms with E-state index in [0.29, 0.717) is 0 Å². The van der Waals surface area contributed by atoms with E-state index in [1.165, 1.54) is 19.2 Å². The van der Waals surface area contributed by atoms with Crippen molar-refractivity contribution >= 4 is 16.0 Å². The minimum absolute atomic E-state index is 0.0903. The number of aryl methyl sites for hydroxylation is 3. The Kier molecular flexibility index (Phi) is 5.65. The van der Waals surface area contributed by atoms with Crippen molar-refractivity contribution in [1.82, 2.24) is 4.31 Å². The van der Waals surface area contributed by atoms with Gasteiger partial charge in [-0.1, -0.05) is 41.5 Å². The summed E-state index contributed by atoms with van der Waals surface area (Å²) in [5.41, 5.74) is 3.79. The van der Waals surface area contributed by atoms with E-state index in [4.69, 9.17) is 0 Å². The van der Waals surface area contributed by atoms with Crippen molar-refractivity contribution < 1.29 is 18.3 Å². The molecule has 1 N–H and O–H groups in total. The molecule has 0 aliphatic heterocycles. The summed E-state index contributed by atoms with van der Waals surface area (Å²) >= 11 is 0. The van der Waals surface area contributed by atoms with Crippen LogP contribution in [-0.2, 0) is 21.2 Å². The maximum atomic E-state index is 12.8. The molecule has 0 bridgehead atoms. The van der Waals surface area contributed by atoms with Gasteiger partial charge in [0.25, 0.3) is 0 Å². The Hall–Kier alpha value is -2.18. The Morgan fingerprint density at radius 1 is 1.04 bits per heavy atom. The van der Waals surface area contributed by atoms with Crippen molar-refractivity contribution in [1.29, 1.82) is 0 Å². The van der Waals surface area contributed by atoms with Gasteiger partial charge >= 0.3 is 5.97 Å². The number of sulfonamides is 1. The molecule has 2 aromatic rings. The lowest BCUT2D eigenvalue weighted by atomic mass is 9.99. The first-order chi connectivity index (χ1) is 11.6. The van der Waals surface area contributed by atoms with Crippen LogP contribution in [0.15, 0.2) is 47.4 Å². The van der Waals surface area contributed by atoms with Crippen LogP contribution in [0, 0.1) is 20.8 Å². The molecule has 0 spiro atoms. The van der Waals surface area contributed by atoms with Gasteiger partial charge in [-0.25, -0.2) is 8.42 Å². The zero-order valence-corrected chi connectivity index (χ0v) is 15.7. The predicted octanol–water partition coefficient (Wildman–Crippen LogP) is 2.93. The zero-order valence-electron chi connectivity index (χ0n) is 14.9. The Morgan fingerprint density at radius 2 is 1.60 bits per heavy atom. The van der Waals surface area contributed by atoms with Gasteiger partial charge in [-0.2, -0.15) is 4.31 Å². The van der Waals surface area contributed by atoms with Gasteiger partial charge in [-0.15, -0.1) is 0 Å². The SMILES string of the molecule is Cc1ccc(S(=O)(=O)N(C)[C@@H](Cc2ccc(C)cc2C)C(=O)O)cc1. The number of carboxylic acids is 1. The molecule has 0 amide bonds. The molecular formula is C19H23NO4S. The average Bonchev–Trinajstić information content (AvgIpc) is 2.53. The molecule has 0 unspecified atom stereocenters. The molecule has 0 saturated carbocycles. The number of carbonyl (C=O) groups is 1. The summed E-state index contributed by atoms with van der Waals surface area (Å²) < 4.78 is 26.5. The van der Waals surface area contributed by atoms with Gasteiger partial charge in [0.15, 0.2) is 0 Å². The maximum Gasteiger partial charge on any atom is 0.322 e. The van der Waals surface area contributed by atoms with E-state index in [0.717, 1.165) is 26.6 Å². The van der Waals surface area contributed by atoms with Gasteiger partial charge < -0.3 is 5.11 Å². The number of carboxylic acid groups (broad SMARTS) is 1. The van der Waals surface area contributed by atoms with Crippen LogP contribution in [0.25, 0.3) is 0 Å². The first-order valence-corrected chi connectivity index (χ1v) is 9.40. The molecule has 134 valence electrons. The van der Waals surface area contributed by atoms with E-state index in [1.54, 1.807) is 12.1 Å². The van der Waals surface area contributed by atoms with Gasteiger partial charge in [0.05, 0.1) is 4.90 Å². The van der Waals surface area contributed by atoms with E-state index in [9.17, 15) is 18.3 Å². The van der Waals surface area contributed by atoms with Crippen LogP contribution < -0.4 is 0 Å². The van der Waals surface area contributed by atoms with Crippen molar-refractivity contribution in [2.45, 2.75) is 38.1 Å². The molecule has 0 radical (unpaired) electrons.